The number of para-hydroxylation sites is 1. The van der Waals surface area contributed by atoms with Crippen LogP contribution in [0.25, 0.3) is 0 Å². The molecule has 0 aromatic heterocycles. The van der Waals surface area contributed by atoms with Crippen molar-refractivity contribution in [1.82, 2.24) is 0 Å². The summed E-state index contributed by atoms with van der Waals surface area (Å²) in [6.45, 7) is 4.27. The number of benzene rings is 2. The lowest BCUT2D eigenvalue weighted by atomic mass is 10.1. The molecule has 120 valence electrons. The maximum absolute atomic E-state index is 12.4. The molecule has 0 atom stereocenters. The Morgan fingerprint density at radius 3 is 2.30 bits per heavy atom. The van der Waals surface area contributed by atoms with Crippen LogP contribution in [0.15, 0.2) is 48.5 Å². The Labute approximate surface area is 135 Å². The number of amides is 2. The van der Waals surface area contributed by atoms with Crippen molar-refractivity contribution in [2.45, 2.75) is 20.3 Å². The standard InChI is InChI=1S/C18H20N2O3/c1-3-17(21)20-16-8-6-5-7-15(16)18(22)19-13-9-11-14(12-10-13)23-4-2/h5-12H,3-4H2,1-2H3,(H,19,22)(H,20,21). The number of hydrogen-bond donors (Lipinski definition) is 2. The summed E-state index contributed by atoms with van der Waals surface area (Å²) in [6.07, 6.45) is 0.356. The number of nitrogens with one attached hydrogen (secondary N) is 2. The summed E-state index contributed by atoms with van der Waals surface area (Å²) in [5.41, 5.74) is 1.58. The van der Waals surface area contributed by atoms with Gasteiger partial charge in [0.25, 0.3) is 5.91 Å². The average Bonchev–Trinajstić information content (AvgIpc) is 2.57. The lowest BCUT2D eigenvalue weighted by Crippen LogP contribution is -2.17. The van der Waals surface area contributed by atoms with E-state index in [0.29, 0.717) is 30.0 Å². The van der Waals surface area contributed by atoms with E-state index in [1.807, 2.05) is 6.92 Å². The molecule has 5 nitrogen and oxygen atoms in total. The van der Waals surface area contributed by atoms with Crippen molar-refractivity contribution in [3.63, 3.8) is 0 Å². The van der Waals surface area contributed by atoms with Gasteiger partial charge in [0.2, 0.25) is 5.91 Å². The molecule has 2 N–H and O–H groups in total. The highest BCUT2D eigenvalue weighted by molar-refractivity contribution is 6.10. The van der Waals surface area contributed by atoms with E-state index in [9.17, 15) is 9.59 Å². The Morgan fingerprint density at radius 2 is 1.65 bits per heavy atom. The van der Waals surface area contributed by atoms with E-state index in [0.717, 1.165) is 5.75 Å². The summed E-state index contributed by atoms with van der Waals surface area (Å²) in [6, 6.07) is 14.1. The zero-order valence-electron chi connectivity index (χ0n) is 13.3. The van der Waals surface area contributed by atoms with Crippen LogP contribution in [0, 0.1) is 0 Å². The monoisotopic (exact) mass is 312 g/mol. The minimum Gasteiger partial charge on any atom is -0.494 e. The quantitative estimate of drug-likeness (QED) is 0.855. The van der Waals surface area contributed by atoms with Gasteiger partial charge in [-0.2, -0.15) is 0 Å². The molecule has 0 spiro atoms. The van der Waals surface area contributed by atoms with Crippen LogP contribution in [-0.4, -0.2) is 18.4 Å². The highest BCUT2D eigenvalue weighted by Gasteiger charge is 2.12. The Bertz CT molecular complexity index is 681. The fourth-order valence-corrected chi connectivity index (χ4v) is 2.03. The number of hydrogen-bond acceptors (Lipinski definition) is 3. The lowest BCUT2D eigenvalue weighted by molar-refractivity contribution is -0.115. The molecule has 0 aliphatic carbocycles. The molecule has 0 radical (unpaired) electrons. The number of rotatable bonds is 6. The molecular weight excluding hydrogens is 292 g/mol. The summed E-state index contributed by atoms with van der Waals surface area (Å²) >= 11 is 0. The smallest absolute Gasteiger partial charge is 0.257 e. The maximum Gasteiger partial charge on any atom is 0.257 e. The first kappa shape index (κ1) is 16.5. The van der Waals surface area contributed by atoms with Crippen molar-refractivity contribution >= 4 is 23.2 Å². The van der Waals surface area contributed by atoms with Crippen LogP contribution >= 0.6 is 0 Å². The fourth-order valence-electron chi connectivity index (χ4n) is 2.03. The average molecular weight is 312 g/mol. The zero-order chi connectivity index (χ0) is 16.7. The summed E-state index contributed by atoms with van der Waals surface area (Å²) in [5.74, 6) is 0.341. The van der Waals surface area contributed by atoms with Gasteiger partial charge in [-0.3, -0.25) is 9.59 Å². The van der Waals surface area contributed by atoms with Crippen molar-refractivity contribution < 1.29 is 14.3 Å². The van der Waals surface area contributed by atoms with Gasteiger partial charge in [0, 0.05) is 12.1 Å². The molecule has 2 aromatic rings. The van der Waals surface area contributed by atoms with Crippen LogP contribution in [0.1, 0.15) is 30.6 Å². The van der Waals surface area contributed by atoms with Crippen LogP contribution in [0.4, 0.5) is 11.4 Å². The van der Waals surface area contributed by atoms with Crippen molar-refractivity contribution in [2.24, 2.45) is 0 Å². The minimum atomic E-state index is -0.277. The molecular formula is C18H20N2O3. The predicted octanol–water partition coefficient (Wildman–Crippen LogP) is 3.69. The molecule has 0 aliphatic heterocycles. The molecule has 0 saturated carbocycles. The van der Waals surface area contributed by atoms with Gasteiger partial charge in [-0.05, 0) is 43.3 Å². The van der Waals surface area contributed by atoms with E-state index in [1.54, 1.807) is 55.5 Å². The summed E-state index contributed by atoms with van der Waals surface area (Å²) in [4.78, 5) is 24.0. The highest BCUT2D eigenvalue weighted by Crippen LogP contribution is 2.19. The van der Waals surface area contributed by atoms with Crippen LogP contribution in [0.3, 0.4) is 0 Å². The summed E-state index contributed by atoms with van der Waals surface area (Å²) < 4.78 is 5.37. The van der Waals surface area contributed by atoms with Crippen LogP contribution in [-0.2, 0) is 4.79 Å². The Hall–Kier alpha value is -2.82. The molecule has 23 heavy (non-hydrogen) atoms. The molecule has 2 aromatic carbocycles. The fraction of sp³-hybridized carbons (Fsp3) is 0.222. The number of carbonyl (C=O) groups excluding carboxylic acids is 2. The molecule has 5 heteroatoms. The lowest BCUT2D eigenvalue weighted by Gasteiger charge is -2.11. The van der Waals surface area contributed by atoms with Crippen molar-refractivity contribution in [1.29, 1.82) is 0 Å². The van der Waals surface area contributed by atoms with Gasteiger partial charge in [-0.15, -0.1) is 0 Å². The minimum absolute atomic E-state index is 0.133. The molecule has 0 fully saturated rings. The van der Waals surface area contributed by atoms with E-state index >= 15 is 0 Å². The highest BCUT2D eigenvalue weighted by atomic mass is 16.5. The number of anilines is 2. The topological polar surface area (TPSA) is 67.4 Å². The molecule has 2 amide bonds. The third kappa shape index (κ3) is 4.57. The molecule has 0 aliphatic rings. The number of carbonyl (C=O) groups is 2. The van der Waals surface area contributed by atoms with E-state index in [1.165, 1.54) is 0 Å². The third-order valence-electron chi connectivity index (χ3n) is 3.19. The first-order valence-corrected chi connectivity index (χ1v) is 7.57. The Balaban J connectivity index is 2.12. The second-order valence-corrected chi connectivity index (χ2v) is 4.86. The largest absolute Gasteiger partial charge is 0.494 e. The van der Waals surface area contributed by atoms with Gasteiger partial charge in [-0.25, -0.2) is 0 Å². The summed E-state index contributed by atoms with van der Waals surface area (Å²) in [7, 11) is 0. The van der Waals surface area contributed by atoms with Crippen LogP contribution in [0.2, 0.25) is 0 Å². The van der Waals surface area contributed by atoms with Crippen LogP contribution < -0.4 is 15.4 Å². The van der Waals surface area contributed by atoms with E-state index in [-0.39, 0.29) is 11.8 Å². The van der Waals surface area contributed by atoms with Gasteiger partial charge in [0.05, 0.1) is 17.9 Å². The normalized spacial score (nSPS) is 10.0. The van der Waals surface area contributed by atoms with Crippen molar-refractivity contribution in [2.75, 3.05) is 17.2 Å². The predicted molar refractivity (Wildman–Crippen MR) is 90.9 cm³/mol. The zero-order valence-corrected chi connectivity index (χ0v) is 13.3. The van der Waals surface area contributed by atoms with Gasteiger partial charge in [0.1, 0.15) is 5.75 Å². The van der Waals surface area contributed by atoms with Crippen molar-refractivity contribution in [3.05, 3.63) is 54.1 Å². The van der Waals surface area contributed by atoms with E-state index < -0.39 is 0 Å². The van der Waals surface area contributed by atoms with Gasteiger partial charge in [0.15, 0.2) is 0 Å². The van der Waals surface area contributed by atoms with Gasteiger partial charge >= 0.3 is 0 Å². The van der Waals surface area contributed by atoms with Crippen molar-refractivity contribution in [3.8, 4) is 5.75 Å². The molecule has 0 bridgehead atoms. The Morgan fingerprint density at radius 1 is 0.957 bits per heavy atom. The third-order valence-corrected chi connectivity index (χ3v) is 3.19. The second-order valence-electron chi connectivity index (χ2n) is 4.86. The van der Waals surface area contributed by atoms with E-state index in [4.69, 9.17) is 4.74 Å². The first-order chi connectivity index (χ1) is 11.1. The molecule has 0 saturated heterocycles. The molecule has 2 rings (SSSR count). The Kier molecular flexibility index (Phi) is 5.74. The second kappa shape index (κ2) is 7.98. The SMILES string of the molecule is CCOc1ccc(NC(=O)c2ccccc2NC(=O)CC)cc1. The summed E-state index contributed by atoms with van der Waals surface area (Å²) in [5, 5.41) is 5.55. The maximum atomic E-state index is 12.4. The van der Waals surface area contributed by atoms with Gasteiger partial charge in [-0.1, -0.05) is 19.1 Å². The van der Waals surface area contributed by atoms with Gasteiger partial charge < -0.3 is 15.4 Å². The number of ether oxygens (including phenoxy) is 1. The first-order valence-electron chi connectivity index (χ1n) is 7.57. The van der Waals surface area contributed by atoms with E-state index in [2.05, 4.69) is 10.6 Å². The molecule has 0 unspecified atom stereocenters. The molecule has 0 heterocycles. The van der Waals surface area contributed by atoms with Crippen LogP contribution in [0.5, 0.6) is 5.75 Å².